The van der Waals surface area contributed by atoms with Gasteiger partial charge in [0.1, 0.15) is 0 Å². The van der Waals surface area contributed by atoms with Crippen LogP contribution in [-0.4, -0.2) is 29.0 Å². The lowest BCUT2D eigenvalue weighted by Crippen LogP contribution is -2.42. The third kappa shape index (κ3) is 4.66. The Kier molecular flexibility index (Phi) is 5.88. The van der Waals surface area contributed by atoms with Crippen molar-refractivity contribution in [3.8, 4) is 0 Å². The summed E-state index contributed by atoms with van der Waals surface area (Å²) >= 11 is 3.42. The standard InChI is InChI=1S/C22H20BrF3N4O/c1-13-11-15(8-9-16(13)23)27-21(31)14-5-4-10-30(12-14)20-19(22(24,25)26)28-17-6-2-3-7-18(17)29-20/h2-3,6-9,11,14H,4-5,10,12H2,1H3,(H,27,31). The Hall–Kier alpha value is -2.68. The van der Waals surface area contributed by atoms with E-state index in [1.165, 1.54) is 11.0 Å². The van der Waals surface area contributed by atoms with Crippen molar-refractivity contribution in [3.63, 3.8) is 0 Å². The SMILES string of the molecule is Cc1cc(NC(=O)C2CCCN(c3nc4ccccc4nc3C(F)(F)F)C2)ccc1Br. The molecule has 0 aliphatic carbocycles. The van der Waals surface area contributed by atoms with Gasteiger partial charge in [-0.25, -0.2) is 9.97 Å². The zero-order chi connectivity index (χ0) is 22.2. The summed E-state index contributed by atoms with van der Waals surface area (Å²) in [5.41, 5.74) is 1.20. The van der Waals surface area contributed by atoms with Gasteiger partial charge in [-0.2, -0.15) is 13.2 Å². The highest BCUT2D eigenvalue weighted by Crippen LogP contribution is 2.37. The van der Waals surface area contributed by atoms with Crippen LogP contribution in [0, 0.1) is 12.8 Å². The van der Waals surface area contributed by atoms with E-state index in [1.807, 2.05) is 19.1 Å². The Labute approximate surface area is 185 Å². The molecule has 0 bridgehead atoms. The molecule has 2 heterocycles. The number of nitrogens with zero attached hydrogens (tertiary/aromatic N) is 3. The van der Waals surface area contributed by atoms with Crippen molar-refractivity contribution < 1.29 is 18.0 Å². The Morgan fingerprint density at radius 2 is 1.87 bits per heavy atom. The Morgan fingerprint density at radius 3 is 2.55 bits per heavy atom. The molecule has 1 aromatic heterocycles. The minimum absolute atomic E-state index is 0.150. The van der Waals surface area contributed by atoms with Crippen LogP contribution in [0.25, 0.3) is 11.0 Å². The van der Waals surface area contributed by atoms with E-state index in [2.05, 4.69) is 31.2 Å². The first-order chi connectivity index (χ1) is 14.7. The number of carbonyl (C=O) groups is 1. The molecule has 4 rings (SSSR count). The van der Waals surface area contributed by atoms with E-state index in [4.69, 9.17) is 0 Å². The normalized spacial score (nSPS) is 17.1. The number of alkyl halides is 3. The summed E-state index contributed by atoms with van der Waals surface area (Å²) in [6, 6.07) is 12.0. The molecule has 0 saturated carbocycles. The number of hydrogen-bond acceptors (Lipinski definition) is 4. The van der Waals surface area contributed by atoms with Crippen molar-refractivity contribution in [2.45, 2.75) is 25.9 Å². The molecule has 1 fully saturated rings. The molecule has 1 unspecified atom stereocenters. The Morgan fingerprint density at radius 1 is 1.16 bits per heavy atom. The summed E-state index contributed by atoms with van der Waals surface area (Å²) in [6.07, 6.45) is -3.46. The van der Waals surface area contributed by atoms with Gasteiger partial charge in [0, 0.05) is 23.2 Å². The van der Waals surface area contributed by atoms with Crippen molar-refractivity contribution in [3.05, 3.63) is 58.2 Å². The van der Waals surface area contributed by atoms with Gasteiger partial charge >= 0.3 is 6.18 Å². The fourth-order valence-electron chi connectivity index (χ4n) is 3.75. The van der Waals surface area contributed by atoms with E-state index in [1.54, 1.807) is 24.3 Å². The second-order valence-corrected chi connectivity index (χ2v) is 8.48. The molecule has 2 aromatic carbocycles. The summed E-state index contributed by atoms with van der Waals surface area (Å²) in [7, 11) is 0. The monoisotopic (exact) mass is 492 g/mol. The van der Waals surface area contributed by atoms with Crippen LogP contribution in [0.15, 0.2) is 46.9 Å². The molecular formula is C22H20BrF3N4O. The van der Waals surface area contributed by atoms with Crippen molar-refractivity contribution >= 4 is 44.4 Å². The van der Waals surface area contributed by atoms with Crippen molar-refractivity contribution in [2.24, 2.45) is 5.92 Å². The molecule has 0 radical (unpaired) electrons. The van der Waals surface area contributed by atoms with Crippen molar-refractivity contribution in [2.75, 3.05) is 23.3 Å². The summed E-state index contributed by atoms with van der Waals surface area (Å²) in [5.74, 6) is -0.885. The first-order valence-electron chi connectivity index (χ1n) is 9.88. The fourth-order valence-corrected chi connectivity index (χ4v) is 4.00. The molecule has 1 N–H and O–H groups in total. The molecule has 1 aliphatic rings. The second-order valence-electron chi connectivity index (χ2n) is 7.62. The molecule has 3 aromatic rings. The maximum absolute atomic E-state index is 13.7. The third-order valence-corrected chi connectivity index (χ3v) is 6.23. The van der Waals surface area contributed by atoms with Gasteiger partial charge in [0.15, 0.2) is 11.5 Å². The lowest BCUT2D eigenvalue weighted by molar-refractivity contribution is -0.140. The minimum Gasteiger partial charge on any atom is -0.354 e. The highest BCUT2D eigenvalue weighted by Gasteiger charge is 2.40. The molecule has 1 saturated heterocycles. The lowest BCUT2D eigenvalue weighted by Gasteiger charge is -2.34. The number of benzene rings is 2. The molecule has 162 valence electrons. The van der Waals surface area contributed by atoms with Crippen LogP contribution >= 0.6 is 15.9 Å². The van der Waals surface area contributed by atoms with Crippen LogP contribution in [0.5, 0.6) is 0 Å². The number of aryl methyl sites for hydroxylation is 1. The van der Waals surface area contributed by atoms with Crippen LogP contribution in [0.2, 0.25) is 0 Å². The lowest BCUT2D eigenvalue weighted by atomic mass is 9.96. The van der Waals surface area contributed by atoms with E-state index in [0.29, 0.717) is 30.6 Å². The average Bonchev–Trinajstić information content (AvgIpc) is 2.75. The van der Waals surface area contributed by atoms with E-state index in [-0.39, 0.29) is 23.8 Å². The highest BCUT2D eigenvalue weighted by molar-refractivity contribution is 9.10. The van der Waals surface area contributed by atoms with E-state index in [9.17, 15) is 18.0 Å². The van der Waals surface area contributed by atoms with E-state index < -0.39 is 17.8 Å². The Bertz CT molecular complexity index is 1140. The van der Waals surface area contributed by atoms with Crippen LogP contribution in [0.4, 0.5) is 24.7 Å². The predicted molar refractivity (Wildman–Crippen MR) is 117 cm³/mol. The van der Waals surface area contributed by atoms with E-state index >= 15 is 0 Å². The summed E-state index contributed by atoms with van der Waals surface area (Å²) in [4.78, 5) is 22.5. The summed E-state index contributed by atoms with van der Waals surface area (Å²) < 4.78 is 42.1. The van der Waals surface area contributed by atoms with Gasteiger partial charge in [0.05, 0.1) is 17.0 Å². The maximum Gasteiger partial charge on any atom is 0.437 e. The molecule has 1 amide bonds. The molecule has 31 heavy (non-hydrogen) atoms. The highest BCUT2D eigenvalue weighted by atomic mass is 79.9. The number of para-hydroxylation sites is 2. The fraction of sp³-hybridized carbons (Fsp3) is 0.318. The number of nitrogens with one attached hydrogen (secondary N) is 1. The molecule has 5 nitrogen and oxygen atoms in total. The quantitative estimate of drug-likeness (QED) is 0.518. The van der Waals surface area contributed by atoms with E-state index in [0.717, 1.165) is 10.0 Å². The smallest absolute Gasteiger partial charge is 0.354 e. The van der Waals surface area contributed by atoms with Gasteiger partial charge in [-0.15, -0.1) is 0 Å². The van der Waals surface area contributed by atoms with Gasteiger partial charge < -0.3 is 10.2 Å². The van der Waals surface area contributed by atoms with Gasteiger partial charge in [-0.1, -0.05) is 28.1 Å². The Balaban J connectivity index is 1.60. The van der Waals surface area contributed by atoms with Crippen LogP contribution in [0.1, 0.15) is 24.1 Å². The summed E-state index contributed by atoms with van der Waals surface area (Å²) in [5, 5.41) is 2.88. The minimum atomic E-state index is -4.64. The number of amides is 1. The maximum atomic E-state index is 13.7. The van der Waals surface area contributed by atoms with Crippen molar-refractivity contribution in [1.29, 1.82) is 0 Å². The number of rotatable bonds is 3. The summed E-state index contributed by atoms with van der Waals surface area (Å²) in [6.45, 7) is 2.45. The predicted octanol–water partition coefficient (Wildman–Crippen LogP) is 5.57. The molecule has 1 aliphatic heterocycles. The van der Waals surface area contributed by atoms with Gasteiger partial charge in [0.2, 0.25) is 5.91 Å². The number of carbonyl (C=O) groups excluding carboxylic acids is 1. The number of halogens is 4. The third-order valence-electron chi connectivity index (χ3n) is 5.34. The first-order valence-corrected chi connectivity index (χ1v) is 10.7. The molecule has 1 atom stereocenters. The zero-order valence-corrected chi connectivity index (χ0v) is 18.3. The second kappa shape index (κ2) is 8.45. The molecule has 9 heteroatoms. The topological polar surface area (TPSA) is 58.1 Å². The van der Waals surface area contributed by atoms with Gasteiger partial charge in [-0.3, -0.25) is 4.79 Å². The molecule has 0 spiro atoms. The number of hydrogen-bond donors (Lipinski definition) is 1. The number of aromatic nitrogens is 2. The van der Waals surface area contributed by atoms with Gasteiger partial charge in [0.25, 0.3) is 0 Å². The van der Waals surface area contributed by atoms with Crippen molar-refractivity contribution in [1.82, 2.24) is 9.97 Å². The molecular weight excluding hydrogens is 473 g/mol. The van der Waals surface area contributed by atoms with Crippen LogP contribution in [-0.2, 0) is 11.0 Å². The number of anilines is 2. The van der Waals surface area contributed by atoms with Crippen LogP contribution in [0.3, 0.4) is 0 Å². The zero-order valence-electron chi connectivity index (χ0n) is 16.7. The first kappa shape index (κ1) is 21.5. The number of piperidine rings is 1. The largest absolute Gasteiger partial charge is 0.437 e. The average molecular weight is 493 g/mol. The van der Waals surface area contributed by atoms with Crippen LogP contribution < -0.4 is 10.2 Å². The van der Waals surface area contributed by atoms with Gasteiger partial charge in [-0.05, 0) is 55.7 Å². The number of fused-ring (bicyclic) bond motifs is 1.